The summed E-state index contributed by atoms with van der Waals surface area (Å²) >= 11 is 0. The van der Waals surface area contributed by atoms with Gasteiger partial charge in [-0.2, -0.15) is 0 Å². The highest BCUT2D eigenvalue weighted by atomic mass is 16.6. The Labute approximate surface area is 118 Å². The molecule has 1 aromatic heterocycles. The zero-order chi connectivity index (χ0) is 14.2. The Hall–Kier alpha value is -2.11. The Morgan fingerprint density at radius 2 is 1.85 bits per heavy atom. The van der Waals surface area contributed by atoms with Gasteiger partial charge in [-0.3, -0.25) is 15.3 Å². The third-order valence-electron chi connectivity index (χ3n) is 2.73. The second kappa shape index (κ2) is 7.47. The van der Waals surface area contributed by atoms with Crippen LogP contribution >= 0.6 is 0 Å². The Kier molecular flexibility index (Phi) is 5.34. The quantitative estimate of drug-likeness (QED) is 0.787. The Bertz CT molecular complexity index is 532. The van der Waals surface area contributed by atoms with Crippen LogP contribution in [0.2, 0.25) is 0 Å². The molecule has 0 unspecified atom stereocenters. The van der Waals surface area contributed by atoms with Gasteiger partial charge in [0.1, 0.15) is 11.4 Å². The monoisotopic (exact) mass is 274 g/mol. The van der Waals surface area contributed by atoms with E-state index in [2.05, 4.69) is 10.5 Å². The molecule has 0 aliphatic heterocycles. The van der Waals surface area contributed by atoms with Crippen molar-refractivity contribution in [3.8, 4) is 5.75 Å². The minimum absolute atomic E-state index is 0.386. The number of hydrogen-bond acceptors (Lipinski definition) is 5. The first-order chi connectivity index (χ1) is 9.85. The molecule has 1 N–H and O–H groups in total. The number of anilines is 1. The van der Waals surface area contributed by atoms with E-state index in [9.17, 15) is 0 Å². The van der Waals surface area contributed by atoms with Crippen LogP contribution < -0.4 is 10.2 Å². The van der Waals surface area contributed by atoms with Gasteiger partial charge in [0.2, 0.25) is 0 Å². The Morgan fingerprint density at radius 1 is 1.05 bits per heavy atom. The molecule has 0 atom stereocenters. The minimum atomic E-state index is 0.386. The molecule has 0 amide bonds. The molecule has 0 aliphatic rings. The van der Waals surface area contributed by atoms with Gasteiger partial charge in [0.25, 0.3) is 0 Å². The third kappa shape index (κ3) is 3.69. The van der Waals surface area contributed by atoms with Crippen LogP contribution in [0.5, 0.6) is 5.75 Å². The summed E-state index contributed by atoms with van der Waals surface area (Å²) in [5.41, 5.74) is 5.43. The van der Waals surface area contributed by atoms with Gasteiger partial charge in [-0.1, -0.05) is 30.3 Å². The molecule has 5 heteroatoms. The van der Waals surface area contributed by atoms with Crippen LogP contribution in [-0.4, -0.2) is 19.2 Å². The van der Waals surface area contributed by atoms with Crippen molar-refractivity contribution in [2.24, 2.45) is 0 Å². The van der Waals surface area contributed by atoms with E-state index in [1.807, 2.05) is 30.3 Å². The maximum absolute atomic E-state index is 5.48. The van der Waals surface area contributed by atoms with Gasteiger partial charge >= 0.3 is 0 Å². The van der Waals surface area contributed by atoms with Crippen molar-refractivity contribution >= 4 is 5.69 Å². The van der Waals surface area contributed by atoms with Crippen LogP contribution in [0.15, 0.2) is 42.6 Å². The van der Waals surface area contributed by atoms with Gasteiger partial charge < -0.3 is 9.47 Å². The fourth-order valence-electron chi connectivity index (χ4n) is 1.81. The normalized spacial score (nSPS) is 10.3. The summed E-state index contributed by atoms with van der Waals surface area (Å²) in [4.78, 5) is 9.70. The molecule has 2 aromatic rings. The highest BCUT2D eigenvalue weighted by molar-refractivity contribution is 5.56. The molecule has 0 saturated carbocycles. The molecule has 0 spiro atoms. The third-order valence-corrected chi connectivity index (χ3v) is 2.73. The topological polar surface area (TPSA) is 52.6 Å². The Balaban J connectivity index is 2.00. The smallest absolute Gasteiger partial charge is 0.168 e. The first-order valence-corrected chi connectivity index (χ1v) is 6.27. The van der Waals surface area contributed by atoms with Crippen LogP contribution in [0.25, 0.3) is 0 Å². The summed E-state index contributed by atoms with van der Waals surface area (Å²) in [6, 6.07) is 11.7. The van der Waals surface area contributed by atoms with Gasteiger partial charge in [-0.05, 0) is 11.6 Å². The number of hydrogen-bond donors (Lipinski definition) is 1. The molecule has 0 fully saturated rings. The van der Waals surface area contributed by atoms with Crippen LogP contribution in [0.4, 0.5) is 5.69 Å². The van der Waals surface area contributed by atoms with E-state index in [0.29, 0.717) is 19.0 Å². The molecular weight excluding hydrogens is 256 g/mol. The summed E-state index contributed by atoms with van der Waals surface area (Å²) in [6.45, 7) is 0.851. The van der Waals surface area contributed by atoms with E-state index >= 15 is 0 Å². The molecule has 0 radical (unpaired) electrons. The van der Waals surface area contributed by atoms with Gasteiger partial charge in [0, 0.05) is 13.3 Å². The minimum Gasteiger partial charge on any atom is -0.492 e. The van der Waals surface area contributed by atoms with E-state index in [1.165, 1.54) is 0 Å². The van der Waals surface area contributed by atoms with Crippen molar-refractivity contribution in [1.29, 1.82) is 0 Å². The summed E-state index contributed by atoms with van der Waals surface area (Å²) in [6.07, 6.45) is 1.69. The number of aromatic nitrogens is 1. The zero-order valence-corrected chi connectivity index (χ0v) is 11.6. The number of rotatable bonds is 7. The lowest BCUT2D eigenvalue weighted by molar-refractivity contribution is 0.173. The molecule has 5 nitrogen and oxygen atoms in total. The number of nitrogens with one attached hydrogen (secondary N) is 1. The molecular formula is C15H18N2O3. The number of benzene rings is 1. The van der Waals surface area contributed by atoms with Crippen LogP contribution in [0.1, 0.15) is 11.3 Å². The summed E-state index contributed by atoms with van der Waals surface area (Å²) in [7, 11) is 3.21. The van der Waals surface area contributed by atoms with Crippen molar-refractivity contribution in [1.82, 2.24) is 4.98 Å². The molecule has 1 heterocycles. The Morgan fingerprint density at radius 3 is 2.55 bits per heavy atom. The fraction of sp³-hybridized carbons (Fsp3) is 0.267. The highest BCUT2D eigenvalue weighted by Crippen LogP contribution is 2.27. The SMILES string of the molecule is COCc1nccc(NOCc2ccccc2)c1OC. The molecule has 0 saturated heterocycles. The average molecular weight is 274 g/mol. The van der Waals surface area contributed by atoms with E-state index in [1.54, 1.807) is 26.5 Å². The lowest BCUT2D eigenvalue weighted by Gasteiger charge is -2.13. The number of ether oxygens (including phenoxy) is 2. The number of pyridine rings is 1. The highest BCUT2D eigenvalue weighted by Gasteiger charge is 2.10. The van der Waals surface area contributed by atoms with Crippen molar-refractivity contribution in [2.75, 3.05) is 19.7 Å². The largest absolute Gasteiger partial charge is 0.492 e. The van der Waals surface area contributed by atoms with E-state index in [-0.39, 0.29) is 0 Å². The molecule has 106 valence electrons. The molecule has 0 bridgehead atoms. The van der Waals surface area contributed by atoms with E-state index in [0.717, 1.165) is 16.9 Å². The summed E-state index contributed by atoms with van der Waals surface area (Å²) in [5, 5.41) is 0. The summed E-state index contributed by atoms with van der Waals surface area (Å²) in [5.74, 6) is 0.627. The predicted molar refractivity (Wildman–Crippen MR) is 76.4 cm³/mol. The fourth-order valence-corrected chi connectivity index (χ4v) is 1.81. The van der Waals surface area contributed by atoms with Crippen molar-refractivity contribution in [2.45, 2.75) is 13.2 Å². The van der Waals surface area contributed by atoms with Crippen LogP contribution in [-0.2, 0) is 22.8 Å². The van der Waals surface area contributed by atoms with Crippen molar-refractivity contribution < 1.29 is 14.3 Å². The first-order valence-electron chi connectivity index (χ1n) is 6.27. The van der Waals surface area contributed by atoms with E-state index < -0.39 is 0 Å². The maximum Gasteiger partial charge on any atom is 0.168 e. The van der Waals surface area contributed by atoms with Gasteiger partial charge in [0.15, 0.2) is 5.75 Å². The molecule has 20 heavy (non-hydrogen) atoms. The van der Waals surface area contributed by atoms with Crippen molar-refractivity contribution in [3.05, 3.63) is 53.9 Å². The standard InChI is InChI=1S/C15H18N2O3/c1-18-11-14-15(19-2)13(8-9-16-14)17-20-10-12-6-4-3-5-7-12/h3-9H,10-11H2,1-2H3,(H,16,17). The van der Waals surface area contributed by atoms with Crippen LogP contribution in [0.3, 0.4) is 0 Å². The first kappa shape index (κ1) is 14.3. The average Bonchev–Trinajstić information content (AvgIpc) is 2.49. The molecule has 0 aliphatic carbocycles. The number of methoxy groups -OCH3 is 2. The second-order valence-corrected chi connectivity index (χ2v) is 4.15. The van der Waals surface area contributed by atoms with Gasteiger partial charge in [-0.15, -0.1) is 0 Å². The summed E-state index contributed by atoms with van der Waals surface area (Å²) < 4.78 is 10.4. The lowest BCUT2D eigenvalue weighted by atomic mass is 10.2. The predicted octanol–water partition coefficient (Wildman–Crippen LogP) is 2.78. The van der Waals surface area contributed by atoms with Crippen LogP contribution in [0, 0.1) is 0 Å². The second-order valence-electron chi connectivity index (χ2n) is 4.15. The molecule has 1 aromatic carbocycles. The van der Waals surface area contributed by atoms with Crippen molar-refractivity contribution in [3.63, 3.8) is 0 Å². The lowest BCUT2D eigenvalue weighted by Crippen LogP contribution is -2.06. The van der Waals surface area contributed by atoms with E-state index in [4.69, 9.17) is 14.3 Å². The number of nitrogens with zero attached hydrogens (tertiary/aromatic N) is 1. The van der Waals surface area contributed by atoms with Gasteiger partial charge in [0.05, 0.1) is 20.3 Å². The van der Waals surface area contributed by atoms with Gasteiger partial charge in [-0.25, -0.2) is 0 Å². The molecule has 2 rings (SSSR count). The zero-order valence-electron chi connectivity index (χ0n) is 11.6. The maximum atomic E-state index is 5.48.